The predicted molar refractivity (Wildman–Crippen MR) is 54.6 cm³/mol. The maximum atomic E-state index is 13.4. The van der Waals surface area contributed by atoms with Gasteiger partial charge in [-0.15, -0.1) is 0 Å². The van der Waals surface area contributed by atoms with Crippen LogP contribution in [0, 0.1) is 0 Å². The van der Waals surface area contributed by atoms with Gasteiger partial charge in [0.15, 0.2) is 0 Å². The van der Waals surface area contributed by atoms with Crippen molar-refractivity contribution in [1.29, 1.82) is 0 Å². The van der Waals surface area contributed by atoms with Gasteiger partial charge in [0, 0.05) is 0 Å². The molecule has 0 heterocycles. The van der Waals surface area contributed by atoms with Crippen LogP contribution in [0.25, 0.3) is 0 Å². The minimum atomic E-state index is -6.36. The second-order valence-corrected chi connectivity index (χ2v) is 5.83. The van der Waals surface area contributed by atoms with E-state index in [9.17, 15) is 12.6 Å². The van der Waals surface area contributed by atoms with Crippen LogP contribution in [0.15, 0.2) is 30.3 Å². The Kier molecular flexibility index (Phi) is 2.88. The van der Waals surface area contributed by atoms with Crippen LogP contribution in [0.3, 0.4) is 0 Å². The monoisotopic (exact) mass is 223 g/mol. The molecular formula is C9H13F3NP. The summed E-state index contributed by atoms with van der Waals surface area (Å²) in [5.41, 5.74) is 0. The first kappa shape index (κ1) is 11.5. The SMILES string of the molecule is CC(C)NP(F)(F)(F)c1ccccc1. The Morgan fingerprint density at radius 2 is 1.57 bits per heavy atom. The fourth-order valence-electron chi connectivity index (χ4n) is 1.17. The van der Waals surface area contributed by atoms with Crippen molar-refractivity contribution >= 4 is 13.0 Å². The summed E-state index contributed by atoms with van der Waals surface area (Å²) in [4.78, 5) is 0. The molecule has 0 bridgehead atoms. The molecule has 0 fully saturated rings. The number of hydrogen-bond donors (Lipinski definition) is 1. The first-order chi connectivity index (χ1) is 6.30. The minimum absolute atomic E-state index is 0.549. The number of halogens is 3. The van der Waals surface area contributed by atoms with Crippen molar-refractivity contribution in [3.05, 3.63) is 30.3 Å². The van der Waals surface area contributed by atoms with E-state index < -0.39 is 19.0 Å². The third-order valence-electron chi connectivity index (χ3n) is 1.65. The zero-order valence-electron chi connectivity index (χ0n) is 8.05. The van der Waals surface area contributed by atoms with E-state index in [1.54, 1.807) is 11.2 Å². The molecule has 0 saturated heterocycles. The van der Waals surface area contributed by atoms with Gasteiger partial charge < -0.3 is 0 Å². The summed E-state index contributed by atoms with van der Waals surface area (Å²) in [6, 6.07) is 5.99. The molecular weight excluding hydrogens is 210 g/mol. The summed E-state index contributed by atoms with van der Waals surface area (Å²) in [6.07, 6.45) is 0. The van der Waals surface area contributed by atoms with Gasteiger partial charge in [-0.25, -0.2) is 0 Å². The van der Waals surface area contributed by atoms with E-state index in [0.29, 0.717) is 0 Å². The van der Waals surface area contributed by atoms with Crippen LogP contribution in [-0.2, 0) is 0 Å². The Bertz CT molecular complexity index is 305. The average Bonchev–Trinajstić information content (AvgIpc) is 2.02. The van der Waals surface area contributed by atoms with Crippen molar-refractivity contribution < 1.29 is 12.6 Å². The molecule has 0 amide bonds. The van der Waals surface area contributed by atoms with Crippen LogP contribution < -0.4 is 10.4 Å². The molecule has 0 saturated carbocycles. The van der Waals surface area contributed by atoms with E-state index in [1.807, 2.05) is 0 Å². The number of rotatable bonds is 3. The van der Waals surface area contributed by atoms with Gasteiger partial charge in [-0.2, -0.15) is 0 Å². The van der Waals surface area contributed by atoms with Crippen LogP contribution in [0.1, 0.15) is 13.8 Å². The quantitative estimate of drug-likeness (QED) is 0.774. The van der Waals surface area contributed by atoms with Crippen molar-refractivity contribution in [1.82, 2.24) is 5.09 Å². The first-order valence-electron chi connectivity index (χ1n) is 4.31. The number of nitrogens with one attached hydrogen (secondary N) is 1. The van der Waals surface area contributed by atoms with E-state index in [4.69, 9.17) is 0 Å². The molecule has 1 aromatic carbocycles. The van der Waals surface area contributed by atoms with Gasteiger partial charge in [0.05, 0.1) is 0 Å². The average molecular weight is 223 g/mol. The maximum absolute atomic E-state index is 13.4. The second kappa shape index (κ2) is 3.52. The summed E-state index contributed by atoms with van der Waals surface area (Å²) in [6.45, 7) is 2.98. The van der Waals surface area contributed by atoms with Crippen LogP contribution in [0.2, 0.25) is 0 Å². The van der Waals surface area contributed by atoms with Gasteiger partial charge in [-0.3, -0.25) is 0 Å². The normalized spacial score (nSPS) is 15.1. The topological polar surface area (TPSA) is 12.0 Å². The van der Waals surface area contributed by atoms with Crippen molar-refractivity contribution in [2.45, 2.75) is 19.9 Å². The van der Waals surface area contributed by atoms with Crippen molar-refractivity contribution in [3.63, 3.8) is 0 Å². The van der Waals surface area contributed by atoms with Crippen molar-refractivity contribution in [2.24, 2.45) is 0 Å². The Labute approximate surface area is 81.7 Å². The number of benzene rings is 1. The van der Waals surface area contributed by atoms with Crippen LogP contribution >= 0.6 is 7.69 Å². The molecule has 1 rings (SSSR count). The van der Waals surface area contributed by atoms with E-state index in [2.05, 4.69) is 0 Å². The van der Waals surface area contributed by atoms with Crippen molar-refractivity contribution in [2.75, 3.05) is 0 Å². The zero-order chi connectivity index (χ0) is 10.8. The van der Waals surface area contributed by atoms with Gasteiger partial charge >= 0.3 is 80.9 Å². The van der Waals surface area contributed by atoms with Gasteiger partial charge in [0.1, 0.15) is 0 Å². The standard InChI is InChI=1S/C9H13F3NP/c1-8(2)13-14(10,11,12)9-6-4-3-5-7-9/h3-8,13H,1-2H3. The molecule has 0 atom stereocenters. The summed E-state index contributed by atoms with van der Waals surface area (Å²) in [5.74, 6) is 0. The zero-order valence-corrected chi connectivity index (χ0v) is 8.94. The number of hydrogen-bond acceptors (Lipinski definition) is 1. The molecule has 80 valence electrons. The Morgan fingerprint density at radius 1 is 1.07 bits per heavy atom. The first-order valence-corrected chi connectivity index (χ1v) is 6.22. The molecule has 0 unspecified atom stereocenters. The molecule has 0 aliphatic carbocycles. The summed E-state index contributed by atoms with van der Waals surface area (Å²) < 4.78 is 40.3. The fraction of sp³-hybridized carbons (Fsp3) is 0.333. The molecule has 0 spiro atoms. The third-order valence-corrected chi connectivity index (χ3v) is 3.73. The predicted octanol–water partition coefficient (Wildman–Crippen LogP) is 3.43. The molecule has 1 aromatic rings. The molecule has 0 aromatic heterocycles. The van der Waals surface area contributed by atoms with Crippen LogP contribution in [0.5, 0.6) is 0 Å². The Morgan fingerprint density at radius 3 is 2.00 bits per heavy atom. The van der Waals surface area contributed by atoms with Crippen LogP contribution in [-0.4, -0.2) is 6.04 Å². The summed E-state index contributed by atoms with van der Waals surface area (Å²) >= 11 is 0. The summed E-state index contributed by atoms with van der Waals surface area (Å²) in [7, 11) is -6.36. The fourth-order valence-corrected chi connectivity index (χ4v) is 2.82. The summed E-state index contributed by atoms with van der Waals surface area (Å²) in [5, 5.41) is 1.19. The molecule has 0 aliphatic heterocycles. The van der Waals surface area contributed by atoms with E-state index in [0.717, 1.165) is 12.1 Å². The molecule has 1 nitrogen and oxygen atoms in total. The van der Waals surface area contributed by atoms with Gasteiger partial charge in [-0.1, -0.05) is 0 Å². The second-order valence-electron chi connectivity index (χ2n) is 3.43. The van der Waals surface area contributed by atoms with Gasteiger partial charge in [0.2, 0.25) is 0 Å². The Hall–Kier alpha value is -0.600. The van der Waals surface area contributed by atoms with Crippen molar-refractivity contribution in [3.8, 4) is 0 Å². The molecule has 1 N–H and O–H groups in total. The molecule has 14 heavy (non-hydrogen) atoms. The molecule has 5 heteroatoms. The Balaban J connectivity index is 3.04. The van der Waals surface area contributed by atoms with E-state index in [1.165, 1.54) is 26.0 Å². The van der Waals surface area contributed by atoms with Crippen LogP contribution in [0.4, 0.5) is 12.6 Å². The molecule has 0 aliphatic rings. The van der Waals surface area contributed by atoms with E-state index >= 15 is 0 Å². The van der Waals surface area contributed by atoms with Gasteiger partial charge in [-0.05, 0) is 0 Å². The molecule has 0 radical (unpaired) electrons. The van der Waals surface area contributed by atoms with E-state index in [-0.39, 0.29) is 0 Å². The van der Waals surface area contributed by atoms with Gasteiger partial charge in [0.25, 0.3) is 0 Å². The third kappa shape index (κ3) is 2.69.